The molecule has 0 saturated carbocycles. The molecule has 2 fully saturated rings. The molecule has 4 rings (SSSR count). The molecule has 0 bridgehead atoms. The standard InChI is InChI=1S/C17H21N7O4/c25-24(26)17-9-14(11-20-23-12-18-19-13-23)15(21-1-5-27-6-2-21)10-16(17)22-3-7-28-8-4-22/h9-13H,1-8H2. The van der Waals surface area contributed by atoms with Crippen LogP contribution in [0.4, 0.5) is 17.1 Å². The Kier molecular flexibility index (Phi) is 5.44. The van der Waals surface area contributed by atoms with Gasteiger partial charge < -0.3 is 19.3 Å². The monoisotopic (exact) mass is 387 g/mol. The second kappa shape index (κ2) is 8.31. The predicted molar refractivity (Wildman–Crippen MR) is 102 cm³/mol. The van der Waals surface area contributed by atoms with Gasteiger partial charge in [-0.05, 0) is 6.07 Å². The van der Waals surface area contributed by atoms with Crippen molar-refractivity contribution in [2.75, 3.05) is 62.4 Å². The lowest BCUT2D eigenvalue weighted by Crippen LogP contribution is -2.38. The normalized spacial score (nSPS) is 18.0. The summed E-state index contributed by atoms with van der Waals surface area (Å²) in [6.45, 7) is 5.02. The maximum absolute atomic E-state index is 11.8. The second-order valence-electron chi connectivity index (χ2n) is 6.44. The zero-order valence-electron chi connectivity index (χ0n) is 15.3. The van der Waals surface area contributed by atoms with Gasteiger partial charge in [-0.25, -0.2) is 4.68 Å². The van der Waals surface area contributed by atoms with Crippen LogP contribution in [0.1, 0.15) is 5.56 Å². The third-order valence-corrected chi connectivity index (χ3v) is 4.76. The summed E-state index contributed by atoms with van der Waals surface area (Å²) in [6, 6.07) is 3.48. The van der Waals surface area contributed by atoms with E-state index in [-0.39, 0.29) is 10.6 Å². The first-order chi connectivity index (χ1) is 13.7. The third kappa shape index (κ3) is 3.94. The minimum Gasteiger partial charge on any atom is -0.378 e. The number of nitro benzene ring substituents is 1. The summed E-state index contributed by atoms with van der Waals surface area (Å²) in [7, 11) is 0. The van der Waals surface area contributed by atoms with Crippen molar-refractivity contribution in [3.05, 3.63) is 40.5 Å². The summed E-state index contributed by atoms with van der Waals surface area (Å²) in [5, 5.41) is 23.5. The molecule has 11 heteroatoms. The van der Waals surface area contributed by atoms with Crippen molar-refractivity contribution in [2.45, 2.75) is 0 Å². The molecule has 11 nitrogen and oxygen atoms in total. The molecule has 2 saturated heterocycles. The molecule has 0 N–H and O–H groups in total. The van der Waals surface area contributed by atoms with Crippen LogP contribution in [0, 0.1) is 10.1 Å². The number of anilines is 2. The summed E-state index contributed by atoms with van der Waals surface area (Å²) < 4.78 is 12.3. The minimum absolute atomic E-state index is 0.0594. The summed E-state index contributed by atoms with van der Waals surface area (Å²) in [4.78, 5) is 15.6. The van der Waals surface area contributed by atoms with E-state index in [1.54, 1.807) is 12.3 Å². The highest BCUT2D eigenvalue weighted by atomic mass is 16.6. The minimum atomic E-state index is -0.343. The molecule has 1 aromatic carbocycles. The summed E-state index contributed by atoms with van der Waals surface area (Å²) >= 11 is 0. The van der Waals surface area contributed by atoms with E-state index < -0.39 is 0 Å². The van der Waals surface area contributed by atoms with Crippen molar-refractivity contribution >= 4 is 23.3 Å². The molecule has 0 amide bonds. The number of rotatable bonds is 5. The molecular formula is C17H21N7O4. The number of benzene rings is 1. The fourth-order valence-electron chi connectivity index (χ4n) is 3.35. The van der Waals surface area contributed by atoms with Crippen molar-refractivity contribution in [2.24, 2.45) is 5.10 Å². The lowest BCUT2D eigenvalue weighted by molar-refractivity contribution is -0.384. The number of morpholine rings is 2. The number of hydrogen-bond acceptors (Lipinski definition) is 9. The van der Waals surface area contributed by atoms with Gasteiger partial charge in [-0.2, -0.15) is 5.10 Å². The first-order valence-electron chi connectivity index (χ1n) is 9.09. The van der Waals surface area contributed by atoms with Crippen LogP contribution in [-0.2, 0) is 9.47 Å². The lowest BCUT2D eigenvalue weighted by Gasteiger charge is -2.33. The van der Waals surface area contributed by atoms with Crippen LogP contribution in [0.25, 0.3) is 0 Å². The van der Waals surface area contributed by atoms with E-state index in [0.717, 1.165) is 5.69 Å². The van der Waals surface area contributed by atoms with Gasteiger partial charge in [0.1, 0.15) is 18.3 Å². The smallest absolute Gasteiger partial charge is 0.293 e. The maximum Gasteiger partial charge on any atom is 0.293 e. The average Bonchev–Trinajstić information content (AvgIpc) is 3.26. The van der Waals surface area contributed by atoms with E-state index in [9.17, 15) is 10.1 Å². The van der Waals surface area contributed by atoms with E-state index in [1.807, 2.05) is 11.0 Å². The molecule has 0 radical (unpaired) electrons. The van der Waals surface area contributed by atoms with Crippen LogP contribution < -0.4 is 9.80 Å². The molecule has 2 aliphatic rings. The van der Waals surface area contributed by atoms with E-state index >= 15 is 0 Å². The van der Waals surface area contributed by atoms with E-state index in [0.29, 0.717) is 63.9 Å². The number of hydrogen-bond donors (Lipinski definition) is 0. The van der Waals surface area contributed by atoms with Gasteiger partial charge in [0.2, 0.25) is 0 Å². The van der Waals surface area contributed by atoms with Crippen molar-refractivity contribution in [3.8, 4) is 0 Å². The van der Waals surface area contributed by atoms with Crippen LogP contribution >= 0.6 is 0 Å². The Labute approximate surface area is 161 Å². The highest BCUT2D eigenvalue weighted by molar-refractivity contribution is 5.92. The average molecular weight is 387 g/mol. The fraction of sp³-hybridized carbons (Fsp3) is 0.471. The third-order valence-electron chi connectivity index (χ3n) is 4.76. The van der Waals surface area contributed by atoms with Crippen molar-refractivity contribution in [3.63, 3.8) is 0 Å². The Bertz CT molecular complexity index is 843. The molecule has 0 spiro atoms. The topological polar surface area (TPSA) is 111 Å². The van der Waals surface area contributed by atoms with Crippen LogP contribution in [0.3, 0.4) is 0 Å². The summed E-state index contributed by atoms with van der Waals surface area (Å²) in [5.41, 5.74) is 2.23. The van der Waals surface area contributed by atoms with Gasteiger partial charge in [-0.15, -0.1) is 10.2 Å². The SMILES string of the molecule is O=[N+]([O-])c1cc(C=Nn2cnnc2)c(N2CCOCC2)cc1N1CCOCC1. The highest BCUT2D eigenvalue weighted by Crippen LogP contribution is 2.36. The van der Waals surface area contributed by atoms with Gasteiger partial charge in [-0.3, -0.25) is 10.1 Å². The first-order valence-corrected chi connectivity index (χ1v) is 9.09. The lowest BCUT2D eigenvalue weighted by atomic mass is 10.1. The molecule has 28 heavy (non-hydrogen) atoms. The van der Waals surface area contributed by atoms with Gasteiger partial charge in [0, 0.05) is 43.5 Å². The number of ether oxygens (including phenoxy) is 2. The Balaban J connectivity index is 1.77. The predicted octanol–water partition coefficient (Wildman–Crippen LogP) is 0.742. The van der Waals surface area contributed by atoms with Crippen LogP contribution in [-0.4, -0.2) is 78.6 Å². The summed E-state index contributed by atoms with van der Waals surface area (Å²) in [5.74, 6) is 0. The molecule has 148 valence electrons. The summed E-state index contributed by atoms with van der Waals surface area (Å²) in [6.07, 6.45) is 4.52. The van der Waals surface area contributed by atoms with Crippen molar-refractivity contribution in [1.29, 1.82) is 0 Å². The van der Waals surface area contributed by atoms with Crippen LogP contribution in [0.15, 0.2) is 29.9 Å². The van der Waals surface area contributed by atoms with E-state index in [1.165, 1.54) is 17.3 Å². The first kappa shape index (κ1) is 18.3. The Hall–Kier alpha value is -3.05. The molecule has 0 aliphatic carbocycles. The number of nitrogens with zero attached hydrogens (tertiary/aromatic N) is 7. The molecular weight excluding hydrogens is 366 g/mol. The fourth-order valence-corrected chi connectivity index (χ4v) is 3.35. The Morgan fingerprint density at radius 3 is 2.11 bits per heavy atom. The van der Waals surface area contributed by atoms with Crippen molar-refractivity contribution in [1.82, 2.24) is 14.9 Å². The maximum atomic E-state index is 11.8. The molecule has 2 aromatic rings. The van der Waals surface area contributed by atoms with Gasteiger partial charge >= 0.3 is 0 Å². The Morgan fingerprint density at radius 1 is 0.964 bits per heavy atom. The molecule has 3 heterocycles. The van der Waals surface area contributed by atoms with Crippen molar-refractivity contribution < 1.29 is 14.4 Å². The van der Waals surface area contributed by atoms with Gasteiger partial charge in [0.25, 0.3) is 5.69 Å². The van der Waals surface area contributed by atoms with Crippen LogP contribution in [0.2, 0.25) is 0 Å². The molecule has 2 aliphatic heterocycles. The molecule has 1 aromatic heterocycles. The van der Waals surface area contributed by atoms with E-state index in [2.05, 4.69) is 20.2 Å². The zero-order valence-corrected chi connectivity index (χ0v) is 15.3. The van der Waals surface area contributed by atoms with Gasteiger partial charge in [0.15, 0.2) is 0 Å². The van der Waals surface area contributed by atoms with E-state index in [4.69, 9.17) is 9.47 Å². The zero-order chi connectivity index (χ0) is 19.3. The van der Waals surface area contributed by atoms with Crippen LogP contribution in [0.5, 0.6) is 0 Å². The Morgan fingerprint density at radius 2 is 1.54 bits per heavy atom. The second-order valence-corrected chi connectivity index (χ2v) is 6.44. The number of nitro groups is 1. The number of aromatic nitrogens is 3. The van der Waals surface area contributed by atoms with Gasteiger partial charge in [0.05, 0.1) is 37.6 Å². The molecule has 0 atom stereocenters. The largest absolute Gasteiger partial charge is 0.378 e. The van der Waals surface area contributed by atoms with Gasteiger partial charge in [-0.1, -0.05) is 0 Å². The quantitative estimate of drug-likeness (QED) is 0.420. The molecule has 0 unspecified atom stereocenters. The highest BCUT2D eigenvalue weighted by Gasteiger charge is 2.26.